The van der Waals surface area contributed by atoms with Crippen LogP contribution >= 0.6 is 47.2 Å². The first-order chi connectivity index (χ1) is 11.3. The smallest absolute Gasteiger partial charge is 0.189 e. The fourth-order valence-electron chi connectivity index (χ4n) is 2.33. The number of hydrogen-bond donors (Lipinski definition) is 3. The molecule has 0 radical (unpaired) electrons. The number of nitrogens with zero attached hydrogens (tertiary/aromatic N) is 1. The third-order valence-electron chi connectivity index (χ3n) is 3.75. The van der Waals surface area contributed by atoms with Gasteiger partial charge in [0.1, 0.15) is 5.60 Å². The SMILES string of the molecule is CC(NC(N)=NCC(C)(O)c1ccccc1)c1ccc(Cl)cc1Cl.I. The molecular formula is C18H22Cl2IN3O. The topological polar surface area (TPSA) is 70.6 Å². The maximum Gasteiger partial charge on any atom is 0.189 e. The van der Waals surface area contributed by atoms with E-state index in [4.69, 9.17) is 28.9 Å². The summed E-state index contributed by atoms with van der Waals surface area (Å²) in [6.45, 7) is 3.78. The highest BCUT2D eigenvalue weighted by Gasteiger charge is 2.22. The highest BCUT2D eigenvalue weighted by Crippen LogP contribution is 2.26. The standard InChI is InChI=1S/C18H21Cl2N3O.HI/c1-12(15-9-8-14(19)10-16(15)20)23-17(21)22-11-18(2,24)13-6-4-3-5-7-13;/h3-10,12,24H,11H2,1-2H3,(H3,21,22,23);1H. The quantitative estimate of drug-likeness (QED) is 0.326. The van der Waals surface area contributed by atoms with E-state index >= 15 is 0 Å². The van der Waals surface area contributed by atoms with Crippen molar-refractivity contribution in [3.05, 3.63) is 69.7 Å². The normalized spacial score (nSPS) is 15.0. The van der Waals surface area contributed by atoms with Crippen LogP contribution in [0.1, 0.15) is 31.0 Å². The summed E-state index contributed by atoms with van der Waals surface area (Å²) in [5.74, 6) is 0.240. The van der Waals surface area contributed by atoms with Crippen LogP contribution in [0.15, 0.2) is 53.5 Å². The van der Waals surface area contributed by atoms with Crippen molar-refractivity contribution < 1.29 is 5.11 Å². The van der Waals surface area contributed by atoms with Gasteiger partial charge in [-0.2, -0.15) is 0 Å². The van der Waals surface area contributed by atoms with E-state index in [1.54, 1.807) is 19.1 Å². The Kier molecular flexibility index (Phi) is 8.47. The molecule has 4 N–H and O–H groups in total. The summed E-state index contributed by atoms with van der Waals surface area (Å²) in [7, 11) is 0. The Bertz CT molecular complexity index is 724. The number of aliphatic imine (C=N–C) groups is 1. The van der Waals surface area contributed by atoms with Gasteiger partial charge in [-0.25, -0.2) is 0 Å². The summed E-state index contributed by atoms with van der Waals surface area (Å²) >= 11 is 12.1. The van der Waals surface area contributed by atoms with Crippen molar-refractivity contribution in [2.24, 2.45) is 10.7 Å². The molecule has 0 fully saturated rings. The number of aliphatic hydroxyl groups is 1. The lowest BCUT2D eigenvalue weighted by Crippen LogP contribution is -2.36. The minimum atomic E-state index is -1.09. The largest absolute Gasteiger partial charge is 0.384 e. The van der Waals surface area contributed by atoms with Crippen LogP contribution in [-0.4, -0.2) is 17.6 Å². The number of nitrogens with one attached hydrogen (secondary N) is 1. The number of halogens is 3. The second kappa shape index (κ2) is 9.62. The predicted octanol–water partition coefficient (Wildman–Crippen LogP) is 4.48. The molecule has 136 valence electrons. The van der Waals surface area contributed by atoms with E-state index in [2.05, 4.69) is 10.3 Å². The van der Waals surface area contributed by atoms with E-state index < -0.39 is 5.60 Å². The molecule has 0 saturated carbocycles. The Balaban J connectivity index is 0.00000312. The Labute approximate surface area is 175 Å². The molecule has 0 amide bonds. The van der Waals surface area contributed by atoms with Crippen LogP contribution in [0, 0.1) is 0 Å². The van der Waals surface area contributed by atoms with E-state index in [0.717, 1.165) is 11.1 Å². The minimum Gasteiger partial charge on any atom is -0.384 e. The zero-order chi connectivity index (χ0) is 17.7. The molecule has 0 aliphatic carbocycles. The van der Waals surface area contributed by atoms with Gasteiger partial charge < -0.3 is 16.2 Å². The molecule has 7 heteroatoms. The van der Waals surface area contributed by atoms with Gasteiger partial charge in [0.15, 0.2) is 5.96 Å². The summed E-state index contributed by atoms with van der Waals surface area (Å²) < 4.78 is 0. The maximum absolute atomic E-state index is 10.5. The third-order valence-corrected chi connectivity index (χ3v) is 4.31. The molecular weight excluding hydrogens is 472 g/mol. The lowest BCUT2D eigenvalue weighted by atomic mass is 9.96. The van der Waals surface area contributed by atoms with E-state index in [1.807, 2.05) is 43.3 Å². The van der Waals surface area contributed by atoms with Gasteiger partial charge in [0, 0.05) is 10.0 Å². The van der Waals surface area contributed by atoms with Gasteiger partial charge >= 0.3 is 0 Å². The summed E-state index contributed by atoms with van der Waals surface area (Å²) in [4.78, 5) is 4.25. The van der Waals surface area contributed by atoms with Crippen LogP contribution < -0.4 is 11.1 Å². The fourth-order valence-corrected chi connectivity index (χ4v) is 2.90. The molecule has 2 aromatic carbocycles. The Hall–Kier alpha value is -1.02. The molecule has 25 heavy (non-hydrogen) atoms. The fraction of sp³-hybridized carbons (Fsp3) is 0.278. The first kappa shape index (κ1) is 22.0. The molecule has 4 nitrogen and oxygen atoms in total. The second-order valence-corrected chi connectivity index (χ2v) is 6.72. The Morgan fingerprint density at radius 3 is 2.48 bits per heavy atom. The molecule has 2 unspecified atom stereocenters. The summed E-state index contributed by atoms with van der Waals surface area (Å²) in [5.41, 5.74) is 6.50. The number of guanidine groups is 1. The van der Waals surface area contributed by atoms with Crippen molar-refractivity contribution in [1.82, 2.24) is 5.32 Å². The van der Waals surface area contributed by atoms with E-state index in [9.17, 15) is 5.11 Å². The lowest BCUT2D eigenvalue weighted by Gasteiger charge is -2.22. The van der Waals surface area contributed by atoms with Gasteiger partial charge in [-0.1, -0.05) is 59.6 Å². The molecule has 0 saturated heterocycles. The highest BCUT2D eigenvalue weighted by molar-refractivity contribution is 14.0. The van der Waals surface area contributed by atoms with Crippen molar-refractivity contribution >= 4 is 53.1 Å². The van der Waals surface area contributed by atoms with Crippen molar-refractivity contribution in [1.29, 1.82) is 0 Å². The predicted molar refractivity (Wildman–Crippen MR) is 116 cm³/mol. The highest BCUT2D eigenvalue weighted by atomic mass is 127. The summed E-state index contributed by atoms with van der Waals surface area (Å²) in [6, 6.07) is 14.5. The monoisotopic (exact) mass is 493 g/mol. The van der Waals surface area contributed by atoms with Gasteiger partial charge in [0.2, 0.25) is 0 Å². The van der Waals surface area contributed by atoms with Crippen LogP contribution in [0.2, 0.25) is 10.0 Å². The van der Waals surface area contributed by atoms with Gasteiger partial charge in [0.05, 0.1) is 12.6 Å². The number of rotatable bonds is 5. The van der Waals surface area contributed by atoms with Crippen molar-refractivity contribution in [2.75, 3.05) is 6.54 Å². The number of hydrogen-bond acceptors (Lipinski definition) is 2. The minimum absolute atomic E-state index is 0. The molecule has 0 aliphatic heterocycles. The van der Waals surface area contributed by atoms with Crippen LogP contribution in [0.25, 0.3) is 0 Å². The first-order valence-electron chi connectivity index (χ1n) is 7.59. The average molecular weight is 494 g/mol. The number of benzene rings is 2. The van der Waals surface area contributed by atoms with Gasteiger partial charge in [0.25, 0.3) is 0 Å². The number of nitrogens with two attached hydrogens (primary N) is 1. The van der Waals surface area contributed by atoms with E-state index in [-0.39, 0.29) is 42.5 Å². The van der Waals surface area contributed by atoms with E-state index in [0.29, 0.717) is 10.0 Å². The van der Waals surface area contributed by atoms with Gasteiger partial charge in [-0.3, -0.25) is 4.99 Å². The average Bonchev–Trinajstić information content (AvgIpc) is 2.54. The zero-order valence-corrected chi connectivity index (χ0v) is 17.9. The van der Waals surface area contributed by atoms with E-state index in [1.165, 1.54) is 0 Å². The third kappa shape index (κ3) is 6.33. The summed E-state index contributed by atoms with van der Waals surface area (Å²) in [6.07, 6.45) is 0. The van der Waals surface area contributed by atoms with Crippen LogP contribution in [0.4, 0.5) is 0 Å². The van der Waals surface area contributed by atoms with Crippen molar-refractivity contribution in [3.63, 3.8) is 0 Å². The molecule has 0 aliphatic rings. The Morgan fingerprint density at radius 2 is 1.88 bits per heavy atom. The van der Waals surface area contributed by atoms with Crippen molar-refractivity contribution in [3.8, 4) is 0 Å². The van der Waals surface area contributed by atoms with Crippen LogP contribution in [-0.2, 0) is 5.60 Å². The molecule has 2 atom stereocenters. The Morgan fingerprint density at radius 1 is 1.24 bits per heavy atom. The first-order valence-corrected chi connectivity index (χ1v) is 8.34. The molecule has 0 bridgehead atoms. The molecule has 0 aromatic heterocycles. The molecule has 0 heterocycles. The molecule has 2 aromatic rings. The molecule has 2 rings (SSSR count). The lowest BCUT2D eigenvalue weighted by molar-refractivity contribution is 0.0673. The zero-order valence-electron chi connectivity index (χ0n) is 14.0. The van der Waals surface area contributed by atoms with Crippen LogP contribution in [0.5, 0.6) is 0 Å². The van der Waals surface area contributed by atoms with Gasteiger partial charge in [-0.15, -0.1) is 24.0 Å². The van der Waals surface area contributed by atoms with Crippen LogP contribution in [0.3, 0.4) is 0 Å². The van der Waals surface area contributed by atoms with Crippen molar-refractivity contribution in [2.45, 2.75) is 25.5 Å². The summed E-state index contributed by atoms with van der Waals surface area (Å²) in [5, 5.41) is 14.7. The molecule has 0 spiro atoms. The second-order valence-electron chi connectivity index (χ2n) is 5.87. The maximum atomic E-state index is 10.5. The van der Waals surface area contributed by atoms with Gasteiger partial charge in [-0.05, 0) is 37.1 Å².